The molecule has 0 bridgehead atoms. The monoisotopic (exact) mass is 279 g/mol. The normalized spacial score (nSPS) is 17.1. The zero-order valence-corrected chi connectivity index (χ0v) is 11.7. The number of aromatic nitrogens is 2. The van der Waals surface area contributed by atoms with Gasteiger partial charge in [-0.1, -0.05) is 12.8 Å². The van der Waals surface area contributed by atoms with Gasteiger partial charge in [-0.3, -0.25) is 14.3 Å². The lowest BCUT2D eigenvalue weighted by Crippen LogP contribution is -2.33. The Hall–Kier alpha value is -1.85. The maximum atomic E-state index is 12.0. The quantitative estimate of drug-likeness (QED) is 0.834. The van der Waals surface area contributed by atoms with Gasteiger partial charge in [0, 0.05) is 18.7 Å². The smallest absolute Gasteiger partial charge is 0.303 e. The van der Waals surface area contributed by atoms with Crippen LogP contribution in [0.1, 0.15) is 62.0 Å². The lowest BCUT2D eigenvalue weighted by molar-refractivity contribution is -0.137. The van der Waals surface area contributed by atoms with Crippen LogP contribution in [0.25, 0.3) is 0 Å². The first-order valence-corrected chi connectivity index (χ1v) is 7.14. The van der Waals surface area contributed by atoms with Crippen molar-refractivity contribution in [2.75, 3.05) is 0 Å². The van der Waals surface area contributed by atoms with Crippen LogP contribution in [0.2, 0.25) is 0 Å². The van der Waals surface area contributed by atoms with Crippen molar-refractivity contribution in [2.45, 2.75) is 57.5 Å². The highest BCUT2D eigenvalue weighted by Crippen LogP contribution is 2.28. The van der Waals surface area contributed by atoms with Gasteiger partial charge in [0.2, 0.25) is 0 Å². The number of amides is 1. The fourth-order valence-electron chi connectivity index (χ4n) is 2.54. The summed E-state index contributed by atoms with van der Waals surface area (Å²) in [6.07, 6.45) is 7.02. The minimum atomic E-state index is -0.850. The number of carbonyl (C=O) groups excluding carboxylic acids is 1. The molecule has 1 fully saturated rings. The van der Waals surface area contributed by atoms with Crippen LogP contribution in [0, 0.1) is 0 Å². The number of carboxylic acids is 1. The lowest BCUT2D eigenvalue weighted by Gasteiger charge is -2.12. The number of carboxylic acid groups (broad SMARTS) is 1. The molecule has 1 aromatic heterocycles. The summed E-state index contributed by atoms with van der Waals surface area (Å²) in [6, 6.07) is 1.97. The van der Waals surface area contributed by atoms with Crippen molar-refractivity contribution in [2.24, 2.45) is 0 Å². The Balaban J connectivity index is 1.87. The van der Waals surface area contributed by atoms with E-state index in [0.717, 1.165) is 12.8 Å². The van der Waals surface area contributed by atoms with Gasteiger partial charge < -0.3 is 10.4 Å². The van der Waals surface area contributed by atoms with Gasteiger partial charge in [0.25, 0.3) is 5.91 Å². The maximum Gasteiger partial charge on any atom is 0.303 e. The number of nitrogens with zero attached hydrogens (tertiary/aromatic N) is 2. The first-order valence-electron chi connectivity index (χ1n) is 7.14. The Bertz CT molecular complexity index is 478. The molecule has 1 aliphatic rings. The molecule has 1 heterocycles. The highest BCUT2D eigenvalue weighted by Gasteiger charge is 2.19. The number of aliphatic carboxylic acids is 1. The van der Waals surface area contributed by atoms with Crippen molar-refractivity contribution in [1.29, 1.82) is 0 Å². The van der Waals surface area contributed by atoms with Crippen LogP contribution in [0.5, 0.6) is 0 Å². The van der Waals surface area contributed by atoms with Gasteiger partial charge in [0.15, 0.2) is 0 Å². The molecular weight excluding hydrogens is 258 g/mol. The van der Waals surface area contributed by atoms with Crippen LogP contribution in [0.3, 0.4) is 0 Å². The molecule has 0 unspecified atom stereocenters. The molecule has 1 atom stereocenters. The van der Waals surface area contributed by atoms with E-state index in [4.69, 9.17) is 5.11 Å². The molecular formula is C14H21N3O3. The van der Waals surface area contributed by atoms with Gasteiger partial charge in [-0.05, 0) is 32.3 Å². The summed E-state index contributed by atoms with van der Waals surface area (Å²) in [5.74, 6) is -1.09. The largest absolute Gasteiger partial charge is 0.481 e. The first kappa shape index (κ1) is 14.6. The van der Waals surface area contributed by atoms with Crippen LogP contribution >= 0.6 is 0 Å². The Kier molecular flexibility index (Phi) is 4.76. The predicted molar refractivity (Wildman–Crippen MR) is 73.5 cm³/mol. The van der Waals surface area contributed by atoms with Crippen LogP contribution in [-0.4, -0.2) is 32.8 Å². The Morgan fingerprint density at radius 3 is 2.85 bits per heavy atom. The average molecular weight is 279 g/mol. The SMILES string of the molecule is C[C@@H](CCC(=O)O)NC(=O)c1ccn(C2CCCC2)n1. The molecule has 0 aromatic carbocycles. The molecule has 2 rings (SSSR count). The molecule has 1 saturated carbocycles. The molecule has 2 N–H and O–H groups in total. The van der Waals surface area contributed by atoms with Gasteiger partial charge in [-0.2, -0.15) is 5.10 Å². The van der Waals surface area contributed by atoms with E-state index in [9.17, 15) is 9.59 Å². The van der Waals surface area contributed by atoms with Crippen molar-refractivity contribution in [3.05, 3.63) is 18.0 Å². The van der Waals surface area contributed by atoms with Crippen LogP contribution in [0.4, 0.5) is 0 Å². The average Bonchev–Trinajstić information content (AvgIpc) is 3.06. The molecule has 0 saturated heterocycles. The molecule has 0 aliphatic heterocycles. The van der Waals surface area contributed by atoms with E-state index in [1.165, 1.54) is 12.8 Å². The summed E-state index contributed by atoms with van der Waals surface area (Å²) >= 11 is 0. The molecule has 20 heavy (non-hydrogen) atoms. The van der Waals surface area contributed by atoms with Gasteiger partial charge in [0.05, 0.1) is 6.04 Å². The van der Waals surface area contributed by atoms with Crippen molar-refractivity contribution in [1.82, 2.24) is 15.1 Å². The minimum Gasteiger partial charge on any atom is -0.481 e. The summed E-state index contributed by atoms with van der Waals surface area (Å²) in [4.78, 5) is 22.5. The molecule has 1 aromatic rings. The Morgan fingerprint density at radius 1 is 1.50 bits per heavy atom. The van der Waals surface area contributed by atoms with E-state index in [0.29, 0.717) is 18.2 Å². The Labute approximate surface area is 118 Å². The summed E-state index contributed by atoms with van der Waals surface area (Å²) in [5, 5.41) is 15.7. The van der Waals surface area contributed by atoms with Crippen LogP contribution in [-0.2, 0) is 4.79 Å². The van der Waals surface area contributed by atoms with Crippen LogP contribution in [0.15, 0.2) is 12.3 Å². The van der Waals surface area contributed by atoms with Crippen molar-refractivity contribution >= 4 is 11.9 Å². The highest BCUT2D eigenvalue weighted by molar-refractivity contribution is 5.92. The maximum absolute atomic E-state index is 12.0. The summed E-state index contributed by atoms with van der Waals surface area (Å²) in [7, 11) is 0. The van der Waals surface area contributed by atoms with E-state index in [2.05, 4.69) is 10.4 Å². The van der Waals surface area contributed by atoms with E-state index >= 15 is 0 Å². The Morgan fingerprint density at radius 2 is 2.20 bits per heavy atom. The third-order valence-corrected chi connectivity index (χ3v) is 3.71. The third-order valence-electron chi connectivity index (χ3n) is 3.71. The number of hydrogen-bond acceptors (Lipinski definition) is 3. The van der Waals surface area contributed by atoms with Crippen molar-refractivity contribution in [3.63, 3.8) is 0 Å². The number of carbonyl (C=O) groups is 2. The summed E-state index contributed by atoms with van der Waals surface area (Å²) < 4.78 is 1.88. The lowest BCUT2D eigenvalue weighted by atomic mass is 10.2. The zero-order chi connectivity index (χ0) is 14.5. The van der Waals surface area contributed by atoms with E-state index in [1.54, 1.807) is 13.0 Å². The zero-order valence-electron chi connectivity index (χ0n) is 11.7. The van der Waals surface area contributed by atoms with Gasteiger partial charge in [-0.15, -0.1) is 0 Å². The minimum absolute atomic E-state index is 0.0535. The fourth-order valence-corrected chi connectivity index (χ4v) is 2.54. The van der Waals surface area contributed by atoms with Crippen molar-refractivity contribution < 1.29 is 14.7 Å². The van der Waals surface area contributed by atoms with Crippen molar-refractivity contribution in [3.8, 4) is 0 Å². The topological polar surface area (TPSA) is 84.2 Å². The van der Waals surface area contributed by atoms with Gasteiger partial charge >= 0.3 is 5.97 Å². The molecule has 1 amide bonds. The summed E-state index contributed by atoms with van der Waals surface area (Å²) in [5.41, 5.74) is 0.402. The van der Waals surface area contributed by atoms with Gasteiger partial charge in [-0.25, -0.2) is 0 Å². The number of nitrogens with one attached hydrogen (secondary N) is 1. The third kappa shape index (κ3) is 3.82. The molecule has 6 heteroatoms. The first-order chi connectivity index (χ1) is 9.56. The van der Waals surface area contributed by atoms with E-state index < -0.39 is 5.97 Å². The van der Waals surface area contributed by atoms with E-state index in [1.807, 2.05) is 10.9 Å². The molecule has 0 spiro atoms. The number of hydrogen-bond donors (Lipinski definition) is 2. The van der Waals surface area contributed by atoms with Crippen LogP contribution < -0.4 is 5.32 Å². The molecule has 1 aliphatic carbocycles. The van der Waals surface area contributed by atoms with Gasteiger partial charge in [0.1, 0.15) is 5.69 Å². The predicted octanol–water partition coefficient (Wildman–Crippen LogP) is 1.98. The molecule has 6 nitrogen and oxygen atoms in total. The second-order valence-electron chi connectivity index (χ2n) is 5.43. The fraction of sp³-hybridized carbons (Fsp3) is 0.643. The second-order valence-corrected chi connectivity index (χ2v) is 5.43. The molecule has 0 radical (unpaired) electrons. The second kappa shape index (κ2) is 6.54. The molecule has 110 valence electrons. The summed E-state index contributed by atoms with van der Waals surface area (Å²) in [6.45, 7) is 1.80. The standard InChI is InChI=1S/C14H21N3O3/c1-10(6-7-13(18)19)15-14(20)12-8-9-17(16-12)11-4-2-3-5-11/h8-11H,2-7H2,1H3,(H,15,20)(H,18,19)/t10-/m0/s1. The van der Waals surface area contributed by atoms with E-state index in [-0.39, 0.29) is 18.4 Å². The highest BCUT2D eigenvalue weighted by atomic mass is 16.4. The number of rotatable bonds is 6.